The second-order valence-corrected chi connectivity index (χ2v) is 3.09. The molecular formula is C9H10N6O. The first-order chi connectivity index (χ1) is 7.84. The zero-order chi connectivity index (χ0) is 11.2. The highest BCUT2D eigenvalue weighted by Crippen LogP contribution is 2.00. The lowest BCUT2D eigenvalue weighted by Crippen LogP contribution is -2.15. The summed E-state index contributed by atoms with van der Waals surface area (Å²) in [6, 6.07) is 5.33. The number of aryl methyl sites for hydroxylation is 1. The number of hydrogen-bond acceptors (Lipinski definition) is 5. The topological polar surface area (TPSA) is 85.6 Å². The Hall–Kier alpha value is -2.31. The Morgan fingerprint density at radius 1 is 1.44 bits per heavy atom. The summed E-state index contributed by atoms with van der Waals surface area (Å²) in [6.45, 7) is 0.450. The van der Waals surface area contributed by atoms with Gasteiger partial charge in [-0.1, -0.05) is 6.07 Å². The van der Waals surface area contributed by atoms with Crippen LogP contribution in [0, 0.1) is 0 Å². The zero-order valence-corrected chi connectivity index (χ0v) is 8.45. The van der Waals surface area contributed by atoms with E-state index in [0.29, 0.717) is 18.8 Å². The minimum atomic E-state index is -0.116. The molecule has 0 atom stereocenters. The lowest BCUT2D eigenvalue weighted by molar-refractivity contribution is -0.116. The maximum Gasteiger partial charge on any atom is 0.227 e. The Balaban J connectivity index is 1.81. The van der Waals surface area contributed by atoms with E-state index in [4.69, 9.17) is 0 Å². The van der Waals surface area contributed by atoms with E-state index >= 15 is 0 Å². The first-order valence-corrected chi connectivity index (χ1v) is 4.76. The molecule has 16 heavy (non-hydrogen) atoms. The number of aromatic nitrogens is 5. The van der Waals surface area contributed by atoms with Crippen molar-refractivity contribution in [2.24, 2.45) is 0 Å². The molecule has 2 aromatic rings. The largest absolute Gasteiger partial charge is 0.311 e. The van der Waals surface area contributed by atoms with E-state index in [-0.39, 0.29) is 5.91 Å². The summed E-state index contributed by atoms with van der Waals surface area (Å²) in [5, 5.41) is 13.3. The fourth-order valence-electron chi connectivity index (χ4n) is 1.14. The number of carbonyl (C=O) groups is 1. The van der Waals surface area contributed by atoms with E-state index in [1.54, 1.807) is 18.3 Å². The third kappa shape index (κ3) is 2.84. The standard InChI is InChI=1S/C9H10N6O/c16-9(4-6-15-7-11-13-14-15)12-8-3-1-2-5-10-8/h1-3,5,7H,4,6H2,(H,10,12,16). The molecular weight excluding hydrogens is 208 g/mol. The maximum absolute atomic E-state index is 11.5. The summed E-state index contributed by atoms with van der Waals surface area (Å²) < 4.78 is 1.50. The van der Waals surface area contributed by atoms with Gasteiger partial charge in [0.25, 0.3) is 0 Å². The van der Waals surface area contributed by atoms with Gasteiger partial charge in [0.2, 0.25) is 5.91 Å². The van der Waals surface area contributed by atoms with Gasteiger partial charge in [-0.3, -0.25) is 4.79 Å². The van der Waals surface area contributed by atoms with Crippen molar-refractivity contribution in [1.82, 2.24) is 25.2 Å². The van der Waals surface area contributed by atoms with Gasteiger partial charge in [0.05, 0.1) is 6.54 Å². The second kappa shape index (κ2) is 4.96. The number of hydrogen-bond donors (Lipinski definition) is 1. The molecule has 82 valence electrons. The number of amides is 1. The SMILES string of the molecule is O=C(CCn1cnnn1)Nc1ccccn1. The summed E-state index contributed by atoms with van der Waals surface area (Å²) in [5.74, 6) is 0.429. The quantitative estimate of drug-likeness (QED) is 0.786. The van der Waals surface area contributed by atoms with Crippen LogP contribution in [0.4, 0.5) is 5.82 Å². The fraction of sp³-hybridized carbons (Fsp3) is 0.222. The van der Waals surface area contributed by atoms with Crippen molar-refractivity contribution in [3.05, 3.63) is 30.7 Å². The Morgan fingerprint density at radius 2 is 2.38 bits per heavy atom. The lowest BCUT2D eigenvalue weighted by Gasteiger charge is -2.03. The van der Waals surface area contributed by atoms with Crippen LogP contribution in [-0.4, -0.2) is 31.1 Å². The van der Waals surface area contributed by atoms with Crippen LogP contribution in [0.25, 0.3) is 0 Å². The molecule has 0 aliphatic heterocycles. The van der Waals surface area contributed by atoms with Crippen LogP contribution in [0.5, 0.6) is 0 Å². The first-order valence-electron chi connectivity index (χ1n) is 4.76. The van der Waals surface area contributed by atoms with Crippen LogP contribution in [-0.2, 0) is 11.3 Å². The zero-order valence-electron chi connectivity index (χ0n) is 8.45. The lowest BCUT2D eigenvalue weighted by atomic mass is 10.4. The van der Waals surface area contributed by atoms with Crippen molar-refractivity contribution >= 4 is 11.7 Å². The van der Waals surface area contributed by atoms with Gasteiger partial charge < -0.3 is 5.32 Å². The van der Waals surface area contributed by atoms with Crippen LogP contribution in [0.15, 0.2) is 30.7 Å². The average molecular weight is 218 g/mol. The van der Waals surface area contributed by atoms with Gasteiger partial charge in [-0.25, -0.2) is 9.67 Å². The summed E-state index contributed by atoms with van der Waals surface area (Å²) in [5.41, 5.74) is 0. The monoisotopic (exact) mass is 218 g/mol. The van der Waals surface area contributed by atoms with Crippen molar-refractivity contribution < 1.29 is 4.79 Å². The summed E-state index contributed by atoms with van der Waals surface area (Å²) >= 11 is 0. The molecule has 0 aliphatic carbocycles. The van der Waals surface area contributed by atoms with E-state index in [1.165, 1.54) is 11.0 Å². The average Bonchev–Trinajstić information content (AvgIpc) is 2.81. The van der Waals surface area contributed by atoms with Gasteiger partial charge in [-0.15, -0.1) is 5.10 Å². The summed E-state index contributed by atoms with van der Waals surface area (Å²) in [6.07, 6.45) is 3.40. The molecule has 0 spiro atoms. The third-order valence-electron chi connectivity index (χ3n) is 1.89. The number of carbonyl (C=O) groups excluding carboxylic acids is 1. The van der Waals surface area contributed by atoms with Crippen LogP contribution in [0.2, 0.25) is 0 Å². The minimum absolute atomic E-state index is 0.116. The fourth-order valence-corrected chi connectivity index (χ4v) is 1.14. The molecule has 2 aromatic heterocycles. The van der Waals surface area contributed by atoms with E-state index < -0.39 is 0 Å². The molecule has 1 amide bonds. The molecule has 1 N–H and O–H groups in total. The molecule has 0 saturated carbocycles. The number of nitrogens with one attached hydrogen (secondary N) is 1. The molecule has 0 saturated heterocycles. The van der Waals surface area contributed by atoms with Gasteiger partial charge in [0.1, 0.15) is 12.1 Å². The molecule has 0 aromatic carbocycles. The van der Waals surface area contributed by atoms with Crippen molar-refractivity contribution in [3.8, 4) is 0 Å². The first kappa shape index (κ1) is 10.2. The second-order valence-electron chi connectivity index (χ2n) is 3.09. The van der Waals surface area contributed by atoms with Gasteiger partial charge >= 0.3 is 0 Å². The molecule has 0 bridgehead atoms. The molecule has 0 fully saturated rings. The van der Waals surface area contributed by atoms with Crippen molar-refractivity contribution in [2.45, 2.75) is 13.0 Å². The molecule has 2 heterocycles. The number of nitrogens with zero attached hydrogens (tertiary/aromatic N) is 5. The smallest absolute Gasteiger partial charge is 0.227 e. The third-order valence-corrected chi connectivity index (χ3v) is 1.89. The predicted octanol–water partition coefficient (Wildman–Crippen LogP) is 0.0969. The van der Waals surface area contributed by atoms with Gasteiger partial charge in [-0.05, 0) is 22.6 Å². The van der Waals surface area contributed by atoms with E-state index in [0.717, 1.165) is 0 Å². The van der Waals surface area contributed by atoms with Crippen LogP contribution in [0.3, 0.4) is 0 Å². The molecule has 0 radical (unpaired) electrons. The normalized spacial score (nSPS) is 10.0. The molecule has 7 nitrogen and oxygen atoms in total. The Kier molecular flexibility index (Phi) is 3.17. The number of rotatable bonds is 4. The number of anilines is 1. The van der Waals surface area contributed by atoms with E-state index in [2.05, 4.69) is 25.8 Å². The van der Waals surface area contributed by atoms with Gasteiger partial charge in [0, 0.05) is 12.6 Å². The van der Waals surface area contributed by atoms with Crippen LogP contribution >= 0.6 is 0 Å². The predicted molar refractivity (Wildman–Crippen MR) is 55.3 cm³/mol. The van der Waals surface area contributed by atoms with E-state index in [9.17, 15) is 4.79 Å². The molecule has 0 unspecified atom stereocenters. The summed E-state index contributed by atoms with van der Waals surface area (Å²) in [7, 11) is 0. The van der Waals surface area contributed by atoms with Crippen LogP contribution < -0.4 is 5.32 Å². The van der Waals surface area contributed by atoms with Crippen molar-refractivity contribution in [2.75, 3.05) is 5.32 Å². The summed E-state index contributed by atoms with van der Waals surface area (Å²) in [4.78, 5) is 15.5. The Morgan fingerprint density at radius 3 is 3.06 bits per heavy atom. The molecule has 7 heteroatoms. The molecule has 0 aliphatic rings. The molecule has 2 rings (SSSR count). The van der Waals surface area contributed by atoms with Gasteiger partial charge in [0.15, 0.2) is 0 Å². The highest BCUT2D eigenvalue weighted by Gasteiger charge is 2.03. The number of pyridine rings is 1. The van der Waals surface area contributed by atoms with Crippen molar-refractivity contribution in [3.63, 3.8) is 0 Å². The van der Waals surface area contributed by atoms with E-state index in [1.807, 2.05) is 6.07 Å². The maximum atomic E-state index is 11.5. The Bertz CT molecular complexity index is 440. The van der Waals surface area contributed by atoms with Gasteiger partial charge in [-0.2, -0.15) is 0 Å². The minimum Gasteiger partial charge on any atom is -0.311 e. The highest BCUT2D eigenvalue weighted by atomic mass is 16.1. The van der Waals surface area contributed by atoms with Crippen molar-refractivity contribution in [1.29, 1.82) is 0 Å². The Labute approximate surface area is 91.5 Å². The number of tetrazole rings is 1. The highest BCUT2D eigenvalue weighted by molar-refractivity contribution is 5.89. The van der Waals surface area contributed by atoms with Crippen LogP contribution in [0.1, 0.15) is 6.42 Å².